The molecule has 0 unspecified atom stereocenters. The van der Waals surface area contributed by atoms with E-state index in [1.54, 1.807) is 18.9 Å². The molecule has 0 spiro atoms. The topological polar surface area (TPSA) is 61.0 Å². The molecule has 0 amide bonds. The van der Waals surface area contributed by atoms with Crippen molar-refractivity contribution in [3.63, 3.8) is 0 Å². The highest BCUT2D eigenvalue weighted by Crippen LogP contribution is 2.27. The number of aromatic nitrogens is 3. The van der Waals surface area contributed by atoms with Crippen LogP contribution in [0.25, 0.3) is 22.3 Å². The van der Waals surface area contributed by atoms with Crippen LogP contribution in [0, 0.1) is 6.92 Å². The van der Waals surface area contributed by atoms with Gasteiger partial charge in [-0.15, -0.1) is 0 Å². The van der Waals surface area contributed by atoms with Gasteiger partial charge >= 0.3 is 0 Å². The van der Waals surface area contributed by atoms with E-state index in [2.05, 4.69) is 29.2 Å². The highest BCUT2D eigenvalue weighted by atomic mass is 32.2. The number of nitrogens with zero attached hydrogens (tertiary/aromatic N) is 3. The number of hydrogen-bond acceptors (Lipinski definition) is 6. The summed E-state index contributed by atoms with van der Waals surface area (Å²) in [5.41, 5.74) is 3.10. The smallest absolute Gasteiger partial charge is 0.237 e. The maximum atomic E-state index is 5.37. The van der Waals surface area contributed by atoms with Gasteiger partial charge in [0.15, 0.2) is 0 Å². The molecule has 0 fully saturated rings. The van der Waals surface area contributed by atoms with E-state index in [-0.39, 0.29) is 0 Å². The summed E-state index contributed by atoms with van der Waals surface area (Å²) in [4.78, 5) is 9.16. The molecule has 0 radical (unpaired) electrons. The largest absolute Gasteiger partial charge is 0.497 e. The normalized spacial score (nSPS) is 11.0. The first kappa shape index (κ1) is 16.6. The number of aryl methyl sites for hydroxylation is 1. The Hall–Kier alpha value is -2.86. The van der Waals surface area contributed by atoms with Gasteiger partial charge in [-0.1, -0.05) is 35.1 Å². The zero-order valence-electron chi connectivity index (χ0n) is 14.5. The Balaban J connectivity index is 1.49. The van der Waals surface area contributed by atoms with Gasteiger partial charge < -0.3 is 9.26 Å². The maximum Gasteiger partial charge on any atom is 0.237 e. The van der Waals surface area contributed by atoms with E-state index in [9.17, 15) is 0 Å². The van der Waals surface area contributed by atoms with Crippen LogP contribution in [-0.2, 0) is 5.75 Å². The predicted octanol–water partition coefficient (Wildman–Crippen LogP) is 4.89. The monoisotopic (exact) mass is 363 g/mol. The van der Waals surface area contributed by atoms with Crippen LogP contribution < -0.4 is 4.74 Å². The summed E-state index contributed by atoms with van der Waals surface area (Å²) in [6, 6.07) is 17.8. The van der Waals surface area contributed by atoms with Crippen LogP contribution in [0.3, 0.4) is 0 Å². The highest BCUT2D eigenvalue weighted by molar-refractivity contribution is 7.98. The molecule has 0 atom stereocenters. The first-order chi connectivity index (χ1) is 12.7. The molecule has 130 valence electrons. The van der Waals surface area contributed by atoms with Crippen molar-refractivity contribution in [3.05, 3.63) is 66.1 Å². The third kappa shape index (κ3) is 3.41. The van der Waals surface area contributed by atoms with E-state index >= 15 is 0 Å². The molecule has 2 aromatic heterocycles. The van der Waals surface area contributed by atoms with Crippen LogP contribution in [0.5, 0.6) is 5.75 Å². The number of hydrogen-bond donors (Lipinski definition) is 0. The minimum atomic E-state index is 0.575. The van der Waals surface area contributed by atoms with Crippen LogP contribution in [-0.4, -0.2) is 22.2 Å². The molecular weight excluding hydrogens is 346 g/mol. The Kier molecular flexibility index (Phi) is 4.58. The Morgan fingerprint density at radius 1 is 1.04 bits per heavy atom. The molecule has 5 nitrogen and oxygen atoms in total. The Labute approximate surface area is 155 Å². The summed E-state index contributed by atoms with van der Waals surface area (Å²) < 4.78 is 10.5. The summed E-state index contributed by atoms with van der Waals surface area (Å²) in [5.74, 6) is 2.53. The number of para-hydroxylation sites is 1. The molecule has 0 N–H and O–H groups in total. The zero-order valence-corrected chi connectivity index (χ0v) is 15.3. The van der Waals surface area contributed by atoms with Gasteiger partial charge in [0, 0.05) is 10.9 Å². The van der Waals surface area contributed by atoms with E-state index in [1.165, 1.54) is 10.9 Å². The molecule has 0 aliphatic heterocycles. The van der Waals surface area contributed by atoms with Crippen molar-refractivity contribution in [2.45, 2.75) is 17.7 Å². The summed E-state index contributed by atoms with van der Waals surface area (Å²) >= 11 is 1.59. The summed E-state index contributed by atoms with van der Waals surface area (Å²) in [5, 5.41) is 6.19. The van der Waals surface area contributed by atoms with Crippen LogP contribution in [0.4, 0.5) is 0 Å². The molecule has 4 rings (SSSR count). The average Bonchev–Trinajstić information content (AvgIpc) is 3.15. The minimum Gasteiger partial charge on any atom is -0.497 e. The molecule has 2 heterocycles. The number of pyridine rings is 1. The first-order valence-corrected chi connectivity index (χ1v) is 9.18. The second kappa shape index (κ2) is 7.17. The lowest BCUT2D eigenvalue weighted by Gasteiger charge is -2.04. The van der Waals surface area contributed by atoms with Crippen LogP contribution in [0.2, 0.25) is 0 Å². The van der Waals surface area contributed by atoms with Crippen molar-refractivity contribution in [2.24, 2.45) is 0 Å². The van der Waals surface area contributed by atoms with E-state index in [0.29, 0.717) is 17.5 Å². The third-order valence-corrected chi connectivity index (χ3v) is 4.96. The van der Waals surface area contributed by atoms with Gasteiger partial charge in [-0.3, -0.25) is 0 Å². The quantitative estimate of drug-likeness (QED) is 0.470. The minimum absolute atomic E-state index is 0.575. The van der Waals surface area contributed by atoms with Crippen LogP contribution in [0.1, 0.15) is 11.5 Å². The molecule has 6 heteroatoms. The Bertz CT molecular complexity index is 1040. The van der Waals surface area contributed by atoms with Crippen molar-refractivity contribution < 1.29 is 9.26 Å². The van der Waals surface area contributed by atoms with Crippen molar-refractivity contribution in [3.8, 4) is 17.1 Å². The zero-order chi connectivity index (χ0) is 17.9. The third-order valence-electron chi connectivity index (χ3n) is 4.06. The Morgan fingerprint density at radius 3 is 2.65 bits per heavy atom. The number of thioether (sulfide) groups is 1. The van der Waals surface area contributed by atoms with Crippen LogP contribution in [0.15, 0.2) is 64.1 Å². The second-order valence-corrected chi connectivity index (χ2v) is 6.82. The fraction of sp³-hybridized carbons (Fsp3) is 0.150. The second-order valence-electron chi connectivity index (χ2n) is 5.82. The number of methoxy groups -OCH3 is 1. The summed E-state index contributed by atoms with van der Waals surface area (Å²) in [7, 11) is 1.64. The molecule has 26 heavy (non-hydrogen) atoms. The molecule has 0 bridgehead atoms. The van der Waals surface area contributed by atoms with Crippen molar-refractivity contribution in [1.82, 2.24) is 15.1 Å². The first-order valence-electron chi connectivity index (χ1n) is 8.19. The number of benzene rings is 2. The van der Waals surface area contributed by atoms with Crippen LogP contribution >= 0.6 is 11.8 Å². The van der Waals surface area contributed by atoms with E-state index in [4.69, 9.17) is 14.2 Å². The fourth-order valence-corrected chi connectivity index (χ4v) is 3.51. The summed E-state index contributed by atoms with van der Waals surface area (Å²) in [6.45, 7) is 2.10. The van der Waals surface area contributed by atoms with Gasteiger partial charge in [-0.05, 0) is 48.9 Å². The molecule has 4 aromatic rings. The van der Waals surface area contributed by atoms with Gasteiger partial charge in [0.05, 0.1) is 23.4 Å². The van der Waals surface area contributed by atoms with E-state index in [1.807, 2.05) is 42.5 Å². The van der Waals surface area contributed by atoms with E-state index in [0.717, 1.165) is 21.9 Å². The lowest BCUT2D eigenvalue weighted by Crippen LogP contribution is -1.88. The lowest BCUT2D eigenvalue weighted by molar-refractivity contribution is 0.391. The molecule has 0 aliphatic carbocycles. The molecule has 0 aliphatic rings. The molecule has 0 saturated heterocycles. The SMILES string of the molecule is COc1ccc(-c2noc(CSc3cc(C)c4ccccc4n3)n2)cc1. The van der Waals surface area contributed by atoms with Crippen molar-refractivity contribution in [1.29, 1.82) is 0 Å². The summed E-state index contributed by atoms with van der Waals surface area (Å²) in [6.07, 6.45) is 0. The van der Waals surface area contributed by atoms with E-state index < -0.39 is 0 Å². The number of fused-ring (bicyclic) bond motifs is 1. The van der Waals surface area contributed by atoms with Gasteiger partial charge in [-0.25, -0.2) is 4.98 Å². The standard InChI is InChI=1S/C20H17N3O2S/c1-13-11-19(21-17-6-4-3-5-16(13)17)26-12-18-22-20(23-25-18)14-7-9-15(24-2)10-8-14/h3-11H,12H2,1-2H3. The average molecular weight is 363 g/mol. The highest BCUT2D eigenvalue weighted by Gasteiger charge is 2.10. The van der Waals surface area contributed by atoms with Gasteiger partial charge in [-0.2, -0.15) is 4.98 Å². The van der Waals surface area contributed by atoms with Crippen molar-refractivity contribution in [2.75, 3.05) is 7.11 Å². The molecule has 0 saturated carbocycles. The van der Waals surface area contributed by atoms with Gasteiger partial charge in [0.1, 0.15) is 5.75 Å². The van der Waals surface area contributed by atoms with Crippen molar-refractivity contribution >= 4 is 22.7 Å². The number of rotatable bonds is 5. The predicted molar refractivity (Wildman–Crippen MR) is 102 cm³/mol. The molecular formula is C20H17N3O2S. The Morgan fingerprint density at radius 2 is 1.85 bits per heavy atom. The maximum absolute atomic E-state index is 5.37. The van der Waals surface area contributed by atoms with Gasteiger partial charge in [0.2, 0.25) is 11.7 Å². The fourth-order valence-electron chi connectivity index (χ4n) is 2.70. The number of ether oxygens (including phenoxy) is 1. The molecule has 2 aromatic carbocycles. The van der Waals surface area contributed by atoms with Gasteiger partial charge in [0.25, 0.3) is 0 Å². The lowest BCUT2D eigenvalue weighted by atomic mass is 10.1.